The summed E-state index contributed by atoms with van der Waals surface area (Å²) in [4.78, 5) is 8.88. The summed E-state index contributed by atoms with van der Waals surface area (Å²) in [5.41, 5.74) is 9.38. The molecule has 0 saturated heterocycles. The molecule has 0 radical (unpaired) electrons. The maximum absolute atomic E-state index is 12.5. The van der Waals surface area contributed by atoms with Crippen LogP contribution in [0.1, 0.15) is 0 Å². The van der Waals surface area contributed by atoms with Gasteiger partial charge in [-0.1, -0.05) is 72.8 Å². The third-order valence-corrected chi connectivity index (χ3v) is 9.62. The van der Waals surface area contributed by atoms with E-state index in [0.717, 1.165) is 33.3 Å². The Bertz CT molecular complexity index is 2150. The van der Waals surface area contributed by atoms with E-state index in [1.165, 1.54) is 52.7 Å². The molecule has 0 amide bonds. The van der Waals surface area contributed by atoms with Gasteiger partial charge in [0.15, 0.2) is 10.3 Å². The highest BCUT2D eigenvalue weighted by Gasteiger charge is 2.17. The Balaban J connectivity index is 0.000000193. The fourth-order valence-electron chi connectivity index (χ4n) is 4.50. The van der Waals surface area contributed by atoms with E-state index in [1.807, 2.05) is 59.3 Å². The van der Waals surface area contributed by atoms with Crippen molar-refractivity contribution < 1.29 is 13.2 Å². The fraction of sp³-hybridized carbons (Fsp3) is 0.0303. The summed E-state index contributed by atoms with van der Waals surface area (Å²) in [6, 6.07) is 35.0. The SMILES string of the molecule is Br.COc1ccc(S(=O)(=O)Nc2nc(-c3ccc4ccccc4c3)cs2)cc1.Nc1nc(-c2ccc3ccccc3c2)cs1. The number of hydrogen-bond donors (Lipinski definition) is 2. The van der Waals surface area contributed by atoms with Gasteiger partial charge in [-0.25, -0.2) is 18.4 Å². The summed E-state index contributed by atoms with van der Waals surface area (Å²) in [6.45, 7) is 0. The Morgan fingerprint density at radius 3 is 1.73 bits per heavy atom. The summed E-state index contributed by atoms with van der Waals surface area (Å²) in [5.74, 6) is 0.599. The van der Waals surface area contributed by atoms with Crippen LogP contribution in [0.25, 0.3) is 44.1 Å². The zero-order valence-corrected chi connectivity index (χ0v) is 27.5. The number of fused-ring (bicyclic) bond motifs is 2. The van der Waals surface area contributed by atoms with Crippen molar-refractivity contribution >= 4 is 81.5 Å². The Morgan fingerprint density at radius 1 is 0.682 bits per heavy atom. The minimum atomic E-state index is -3.70. The summed E-state index contributed by atoms with van der Waals surface area (Å²) in [6.07, 6.45) is 0. The monoisotopic (exact) mass is 702 g/mol. The van der Waals surface area contributed by atoms with Crippen LogP contribution < -0.4 is 15.2 Å². The van der Waals surface area contributed by atoms with E-state index in [0.29, 0.717) is 16.0 Å². The number of methoxy groups -OCH3 is 1. The molecule has 222 valence electrons. The number of benzene rings is 5. The maximum atomic E-state index is 12.5. The summed E-state index contributed by atoms with van der Waals surface area (Å²) < 4.78 is 32.7. The topological polar surface area (TPSA) is 107 Å². The lowest BCUT2D eigenvalue weighted by molar-refractivity contribution is 0.414. The van der Waals surface area contributed by atoms with Gasteiger partial charge in [-0.2, -0.15) is 0 Å². The van der Waals surface area contributed by atoms with Gasteiger partial charge in [0, 0.05) is 21.9 Å². The lowest BCUT2D eigenvalue weighted by atomic mass is 10.1. The van der Waals surface area contributed by atoms with Gasteiger partial charge >= 0.3 is 0 Å². The predicted octanol–water partition coefficient (Wildman–Crippen LogP) is 8.90. The molecule has 7 rings (SSSR count). The van der Waals surface area contributed by atoms with Crippen LogP contribution in [-0.4, -0.2) is 25.5 Å². The second kappa shape index (κ2) is 13.6. The molecule has 3 N–H and O–H groups in total. The second-order valence-electron chi connectivity index (χ2n) is 9.51. The molecule has 11 heteroatoms. The van der Waals surface area contributed by atoms with Crippen molar-refractivity contribution in [2.75, 3.05) is 17.6 Å². The van der Waals surface area contributed by atoms with Crippen LogP contribution in [0.4, 0.5) is 10.3 Å². The van der Waals surface area contributed by atoms with Crippen LogP contribution in [-0.2, 0) is 10.0 Å². The average Bonchev–Trinajstić information content (AvgIpc) is 3.69. The third kappa shape index (κ3) is 7.08. The van der Waals surface area contributed by atoms with E-state index in [-0.39, 0.29) is 21.9 Å². The number of halogens is 1. The molecule has 0 atom stereocenters. The smallest absolute Gasteiger partial charge is 0.263 e. The molecule has 0 aliphatic heterocycles. The number of anilines is 2. The number of nitrogens with two attached hydrogens (primary N) is 1. The van der Waals surface area contributed by atoms with Crippen molar-refractivity contribution in [2.24, 2.45) is 0 Å². The normalized spacial score (nSPS) is 10.9. The Morgan fingerprint density at radius 2 is 1.20 bits per heavy atom. The van der Waals surface area contributed by atoms with Gasteiger partial charge in [-0.15, -0.1) is 39.7 Å². The van der Waals surface area contributed by atoms with Crippen LogP contribution in [0.3, 0.4) is 0 Å². The Hall–Kier alpha value is -4.29. The molecule has 44 heavy (non-hydrogen) atoms. The minimum absolute atomic E-state index is 0. The molecule has 0 spiro atoms. The van der Waals surface area contributed by atoms with Gasteiger partial charge in [0.1, 0.15) is 5.75 Å². The Labute approximate surface area is 273 Å². The first-order valence-corrected chi connectivity index (χ1v) is 16.4. The van der Waals surface area contributed by atoms with Crippen molar-refractivity contribution in [1.29, 1.82) is 0 Å². The maximum Gasteiger partial charge on any atom is 0.263 e. The fourth-order valence-corrected chi connectivity index (χ4v) is 7.04. The van der Waals surface area contributed by atoms with Gasteiger partial charge in [-0.3, -0.25) is 4.72 Å². The van der Waals surface area contributed by atoms with Gasteiger partial charge in [0.05, 0.1) is 23.4 Å². The van der Waals surface area contributed by atoms with Gasteiger partial charge in [0.25, 0.3) is 10.0 Å². The molecule has 2 aromatic heterocycles. The van der Waals surface area contributed by atoms with E-state index < -0.39 is 10.0 Å². The number of nitrogens with one attached hydrogen (secondary N) is 1. The number of sulfonamides is 1. The standard InChI is InChI=1S/C20H16N2O3S2.C13H10N2S.BrH/c1-25-17-8-10-18(11-9-17)27(23,24)22-20-21-19(13-26-20)16-7-6-14-4-2-3-5-15(14)12-16;14-13-15-12(8-16-13)11-6-5-9-3-1-2-4-10(9)7-11;/h2-13H,1H3,(H,21,22);1-8H,(H2,14,15);1H. The predicted molar refractivity (Wildman–Crippen MR) is 189 cm³/mol. The molecular formula is C33H27BrN4O3S3. The minimum Gasteiger partial charge on any atom is -0.497 e. The summed E-state index contributed by atoms with van der Waals surface area (Å²) >= 11 is 2.72. The first-order chi connectivity index (χ1) is 20.9. The zero-order valence-electron chi connectivity index (χ0n) is 23.4. The summed E-state index contributed by atoms with van der Waals surface area (Å²) in [7, 11) is -2.17. The van der Waals surface area contributed by atoms with Crippen LogP contribution in [0.2, 0.25) is 0 Å². The first kappa shape index (κ1) is 31.1. The number of ether oxygens (including phenoxy) is 1. The highest BCUT2D eigenvalue weighted by atomic mass is 79.9. The number of nitrogens with zero attached hydrogens (tertiary/aromatic N) is 2. The highest BCUT2D eigenvalue weighted by molar-refractivity contribution is 8.93. The molecule has 0 unspecified atom stereocenters. The van der Waals surface area contributed by atoms with Crippen LogP contribution in [0.15, 0.2) is 125 Å². The molecule has 7 nitrogen and oxygen atoms in total. The molecular weight excluding hydrogens is 676 g/mol. The molecule has 0 aliphatic rings. The number of thiazole rings is 2. The van der Waals surface area contributed by atoms with E-state index in [9.17, 15) is 8.42 Å². The van der Waals surface area contributed by atoms with Crippen molar-refractivity contribution in [2.45, 2.75) is 4.90 Å². The van der Waals surface area contributed by atoms with Gasteiger partial charge in [-0.05, 0) is 57.9 Å². The van der Waals surface area contributed by atoms with Gasteiger partial charge < -0.3 is 10.5 Å². The largest absolute Gasteiger partial charge is 0.497 e. The molecule has 0 saturated carbocycles. The van der Waals surface area contributed by atoms with Crippen LogP contribution >= 0.6 is 39.7 Å². The van der Waals surface area contributed by atoms with Gasteiger partial charge in [0.2, 0.25) is 0 Å². The van der Waals surface area contributed by atoms with E-state index in [1.54, 1.807) is 12.1 Å². The molecule has 0 bridgehead atoms. The summed E-state index contributed by atoms with van der Waals surface area (Å²) in [5, 5.41) is 9.51. The molecule has 0 aliphatic carbocycles. The van der Waals surface area contributed by atoms with E-state index in [2.05, 4.69) is 51.1 Å². The zero-order chi connectivity index (χ0) is 29.8. The van der Waals surface area contributed by atoms with Crippen molar-refractivity contribution in [3.8, 4) is 28.3 Å². The molecule has 2 heterocycles. The molecule has 7 aromatic rings. The third-order valence-electron chi connectivity index (χ3n) is 6.71. The van der Waals surface area contributed by atoms with E-state index in [4.69, 9.17) is 10.5 Å². The first-order valence-electron chi connectivity index (χ1n) is 13.2. The quantitative estimate of drug-likeness (QED) is 0.179. The number of nitrogen functional groups attached to an aromatic ring is 1. The number of aromatic nitrogens is 2. The van der Waals surface area contributed by atoms with E-state index >= 15 is 0 Å². The van der Waals surface area contributed by atoms with Crippen molar-refractivity contribution in [3.63, 3.8) is 0 Å². The van der Waals surface area contributed by atoms with Crippen molar-refractivity contribution in [1.82, 2.24) is 9.97 Å². The molecule has 5 aromatic carbocycles. The number of hydrogen-bond acceptors (Lipinski definition) is 8. The molecule has 0 fully saturated rings. The highest BCUT2D eigenvalue weighted by Crippen LogP contribution is 2.29. The Kier molecular flexibility index (Phi) is 9.60. The number of rotatable bonds is 6. The lowest BCUT2D eigenvalue weighted by Crippen LogP contribution is -2.12. The average molecular weight is 704 g/mol. The van der Waals surface area contributed by atoms with Crippen LogP contribution in [0.5, 0.6) is 5.75 Å². The second-order valence-corrected chi connectivity index (χ2v) is 12.9. The van der Waals surface area contributed by atoms with Crippen molar-refractivity contribution in [3.05, 3.63) is 120 Å². The van der Waals surface area contributed by atoms with Crippen LogP contribution in [0, 0.1) is 0 Å². The lowest BCUT2D eigenvalue weighted by Gasteiger charge is -2.06.